The van der Waals surface area contributed by atoms with E-state index < -0.39 is 11.6 Å². The van der Waals surface area contributed by atoms with Gasteiger partial charge in [0, 0.05) is 24.9 Å². The SMILES string of the molecule is Nc1cc(F)c(Cc2cccnc2)cc1F. The van der Waals surface area contributed by atoms with Crippen LogP contribution in [0.2, 0.25) is 0 Å². The first-order valence-corrected chi connectivity index (χ1v) is 4.79. The molecule has 0 unspecified atom stereocenters. The number of halogens is 2. The summed E-state index contributed by atoms with van der Waals surface area (Å²) in [5.41, 5.74) is 6.18. The van der Waals surface area contributed by atoms with Gasteiger partial charge in [-0.25, -0.2) is 8.78 Å². The number of hydrogen-bond donors (Lipinski definition) is 1. The van der Waals surface area contributed by atoms with Gasteiger partial charge in [-0.15, -0.1) is 0 Å². The molecule has 0 aliphatic heterocycles. The van der Waals surface area contributed by atoms with E-state index in [0.29, 0.717) is 6.42 Å². The van der Waals surface area contributed by atoms with Gasteiger partial charge >= 0.3 is 0 Å². The van der Waals surface area contributed by atoms with Crippen LogP contribution in [0.1, 0.15) is 11.1 Å². The van der Waals surface area contributed by atoms with E-state index in [4.69, 9.17) is 5.73 Å². The fourth-order valence-corrected chi connectivity index (χ4v) is 1.46. The monoisotopic (exact) mass is 220 g/mol. The molecule has 0 saturated carbocycles. The summed E-state index contributed by atoms with van der Waals surface area (Å²) < 4.78 is 26.6. The van der Waals surface area contributed by atoms with Crippen LogP contribution < -0.4 is 5.73 Å². The highest BCUT2D eigenvalue weighted by Gasteiger charge is 2.08. The summed E-state index contributed by atoms with van der Waals surface area (Å²) in [6, 6.07) is 5.68. The van der Waals surface area contributed by atoms with E-state index in [-0.39, 0.29) is 11.3 Å². The Hall–Kier alpha value is -1.97. The highest BCUT2D eigenvalue weighted by Crippen LogP contribution is 2.19. The first-order valence-electron chi connectivity index (χ1n) is 4.79. The summed E-state index contributed by atoms with van der Waals surface area (Å²) >= 11 is 0. The smallest absolute Gasteiger partial charge is 0.146 e. The molecule has 0 atom stereocenters. The second kappa shape index (κ2) is 4.26. The van der Waals surface area contributed by atoms with Gasteiger partial charge < -0.3 is 5.73 Å². The number of anilines is 1. The Morgan fingerprint density at radius 3 is 2.69 bits per heavy atom. The summed E-state index contributed by atoms with van der Waals surface area (Å²) in [7, 11) is 0. The van der Waals surface area contributed by atoms with Crippen molar-refractivity contribution in [2.24, 2.45) is 0 Å². The lowest BCUT2D eigenvalue weighted by Gasteiger charge is -2.05. The summed E-state index contributed by atoms with van der Waals surface area (Å²) in [5.74, 6) is -1.09. The van der Waals surface area contributed by atoms with Crippen molar-refractivity contribution in [2.75, 3.05) is 5.73 Å². The van der Waals surface area contributed by atoms with Crippen LogP contribution >= 0.6 is 0 Å². The Labute approximate surface area is 91.7 Å². The van der Waals surface area contributed by atoms with Gasteiger partial charge in [0.15, 0.2) is 0 Å². The van der Waals surface area contributed by atoms with E-state index in [1.54, 1.807) is 24.5 Å². The molecule has 0 aliphatic rings. The maximum Gasteiger partial charge on any atom is 0.146 e. The van der Waals surface area contributed by atoms with Crippen LogP contribution in [0.15, 0.2) is 36.7 Å². The van der Waals surface area contributed by atoms with Crippen molar-refractivity contribution in [1.29, 1.82) is 0 Å². The predicted molar refractivity (Wildman–Crippen MR) is 57.8 cm³/mol. The number of pyridine rings is 1. The molecule has 0 aliphatic carbocycles. The van der Waals surface area contributed by atoms with Gasteiger partial charge in [-0.2, -0.15) is 0 Å². The molecule has 2 aromatic rings. The maximum absolute atomic E-state index is 13.4. The first-order chi connectivity index (χ1) is 7.66. The summed E-state index contributed by atoms with van der Waals surface area (Å²) in [5, 5.41) is 0. The molecule has 4 heteroatoms. The van der Waals surface area contributed by atoms with E-state index in [9.17, 15) is 8.78 Å². The van der Waals surface area contributed by atoms with Crippen LogP contribution in [0.3, 0.4) is 0 Å². The zero-order chi connectivity index (χ0) is 11.5. The van der Waals surface area contributed by atoms with Gasteiger partial charge in [-0.1, -0.05) is 6.07 Å². The third-order valence-corrected chi connectivity index (χ3v) is 2.28. The first kappa shape index (κ1) is 10.5. The molecule has 2 N–H and O–H groups in total. The zero-order valence-corrected chi connectivity index (χ0v) is 8.45. The minimum atomic E-state index is -0.597. The standard InChI is InChI=1S/C12H10F2N2/c13-10-6-12(15)11(14)5-9(10)4-8-2-1-3-16-7-8/h1-3,5-7H,4,15H2. The van der Waals surface area contributed by atoms with E-state index in [1.807, 2.05) is 0 Å². The molecule has 0 amide bonds. The summed E-state index contributed by atoms with van der Waals surface area (Å²) in [4.78, 5) is 3.91. The molecule has 0 radical (unpaired) electrons. The molecular formula is C12H10F2N2. The zero-order valence-electron chi connectivity index (χ0n) is 8.45. The van der Waals surface area contributed by atoms with Gasteiger partial charge in [-0.05, 0) is 23.3 Å². The largest absolute Gasteiger partial charge is 0.396 e. The third-order valence-electron chi connectivity index (χ3n) is 2.28. The van der Waals surface area contributed by atoms with Crippen LogP contribution in [0, 0.1) is 11.6 Å². The molecule has 0 bridgehead atoms. The van der Waals surface area contributed by atoms with E-state index in [1.165, 1.54) is 0 Å². The molecule has 16 heavy (non-hydrogen) atoms. The number of nitrogen functional groups attached to an aromatic ring is 1. The minimum Gasteiger partial charge on any atom is -0.396 e. The van der Waals surface area contributed by atoms with Crippen LogP contribution in [0.25, 0.3) is 0 Å². The van der Waals surface area contributed by atoms with Crippen molar-refractivity contribution in [1.82, 2.24) is 4.98 Å². The highest BCUT2D eigenvalue weighted by molar-refractivity contribution is 5.43. The average Bonchev–Trinajstić information content (AvgIpc) is 2.27. The Kier molecular flexibility index (Phi) is 2.81. The summed E-state index contributed by atoms with van der Waals surface area (Å²) in [6.07, 6.45) is 3.55. The van der Waals surface area contributed by atoms with Gasteiger partial charge in [0.2, 0.25) is 0 Å². The predicted octanol–water partition coefficient (Wildman–Crippen LogP) is 2.53. The van der Waals surface area contributed by atoms with Crippen LogP contribution in [-0.4, -0.2) is 4.98 Å². The average molecular weight is 220 g/mol. The molecular weight excluding hydrogens is 210 g/mol. The molecule has 0 saturated heterocycles. The maximum atomic E-state index is 13.4. The molecule has 1 heterocycles. The van der Waals surface area contributed by atoms with Crippen molar-refractivity contribution < 1.29 is 8.78 Å². The topological polar surface area (TPSA) is 38.9 Å². The normalized spacial score (nSPS) is 10.4. The van der Waals surface area contributed by atoms with Gasteiger partial charge in [-0.3, -0.25) is 4.98 Å². The van der Waals surface area contributed by atoms with Crippen LogP contribution in [0.4, 0.5) is 14.5 Å². The van der Waals surface area contributed by atoms with Gasteiger partial charge in [0.05, 0.1) is 5.69 Å². The molecule has 0 spiro atoms. The minimum absolute atomic E-state index is 0.174. The van der Waals surface area contributed by atoms with Crippen molar-refractivity contribution in [3.63, 3.8) is 0 Å². The molecule has 2 nitrogen and oxygen atoms in total. The van der Waals surface area contributed by atoms with E-state index in [0.717, 1.165) is 17.7 Å². The second-order valence-electron chi connectivity index (χ2n) is 3.50. The Morgan fingerprint density at radius 1 is 1.19 bits per heavy atom. The molecule has 1 aromatic carbocycles. The van der Waals surface area contributed by atoms with Crippen LogP contribution in [-0.2, 0) is 6.42 Å². The van der Waals surface area contributed by atoms with Crippen molar-refractivity contribution in [2.45, 2.75) is 6.42 Å². The highest BCUT2D eigenvalue weighted by atomic mass is 19.1. The molecule has 2 rings (SSSR count). The quantitative estimate of drug-likeness (QED) is 0.790. The number of hydrogen-bond acceptors (Lipinski definition) is 2. The lowest BCUT2D eigenvalue weighted by Crippen LogP contribution is -1.98. The fraction of sp³-hybridized carbons (Fsp3) is 0.0833. The van der Waals surface area contributed by atoms with Crippen molar-refractivity contribution >= 4 is 5.69 Å². The lowest BCUT2D eigenvalue weighted by atomic mass is 10.1. The van der Waals surface area contributed by atoms with Crippen molar-refractivity contribution in [3.8, 4) is 0 Å². The lowest BCUT2D eigenvalue weighted by molar-refractivity contribution is 0.592. The van der Waals surface area contributed by atoms with Crippen molar-refractivity contribution in [3.05, 3.63) is 59.4 Å². The molecule has 0 fully saturated rings. The molecule has 1 aromatic heterocycles. The number of rotatable bonds is 2. The van der Waals surface area contributed by atoms with Gasteiger partial charge in [0.25, 0.3) is 0 Å². The van der Waals surface area contributed by atoms with E-state index >= 15 is 0 Å². The Balaban J connectivity index is 2.32. The second-order valence-corrected chi connectivity index (χ2v) is 3.50. The van der Waals surface area contributed by atoms with E-state index in [2.05, 4.69) is 4.98 Å². The Bertz CT molecular complexity index is 498. The van der Waals surface area contributed by atoms with Crippen LogP contribution in [0.5, 0.6) is 0 Å². The molecule has 82 valence electrons. The third kappa shape index (κ3) is 2.16. The Morgan fingerprint density at radius 2 is 2.00 bits per heavy atom. The van der Waals surface area contributed by atoms with Gasteiger partial charge in [0.1, 0.15) is 11.6 Å². The summed E-state index contributed by atoms with van der Waals surface area (Å²) in [6.45, 7) is 0. The fourth-order valence-electron chi connectivity index (χ4n) is 1.46. The number of nitrogens with two attached hydrogens (primary N) is 1. The number of nitrogens with zero attached hydrogens (tertiary/aromatic N) is 1. The number of aromatic nitrogens is 1. The number of benzene rings is 1.